The highest BCUT2D eigenvalue weighted by molar-refractivity contribution is 7.09. The Hall–Kier alpha value is -1.73. The van der Waals surface area contributed by atoms with Crippen LogP contribution < -0.4 is 14.8 Å². The van der Waals surface area contributed by atoms with Gasteiger partial charge in [-0.2, -0.15) is 8.78 Å². The van der Waals surface area contributed by atoms with E-state index in [-0.39, 0.29) is 5.75 Å². The van der Waals surface area contributed by atoms with Crippen molar-refractivity contribution in [1.82, 2.24) is 10.3 Å². The number of rotatable bonds is 7. The first-order valence-electron chi connectivity index (χ1n) is 5.90. The summed E-state index contributed by atoms with van der Waals surface area (Å²) in [5.74, 6) is 0.357. The van der Waals surface area contributed by atoms with E-state index in [1.807, 2.05) is 5.38 Å². The summed E-state index contributed by atoms with van der Waals surface area (Å²) in [5.41, 5.74) is 0.612. The molecular formula is C13H14F2N2O2S. The topological polar surface area (TPSA) is 43.4 Å². The predicted octanol–water partition coefficient (Wildman–Crippen LogP) is 3.04. The lowest BCUT2D eigenvalue weighted by Crippen LogP contribution is -2.14. The molecule has 0 unspecified atom stereocenters. The summed E-state index contributed by atoms with van der Waals surface area (Å²) in [6.45, 7) is -1.93. The number of hydrogen-bond donors (Lipinski definition) is 1. The zero-order chi connectivity index (χ0) is 14.4. The Kier molecular flexibility index (Phi) is 5.25. The maximum atomic E-state index is 12.5. The van der Waals surface area contributed by atoms with Crippen LogP contribution >= 0.6 is 11.3 Å². The third kappa shape index (κ3) is 3.88. The number of methoxy groups -OCH3 is 1. The van der Waals surface area contributed by atoms with Gasteiger partial charge in [-0.15, -0.1) is 11.3 Å². The van der Waals surface area contributed by atoms with Crippen molar-refractivity contribution in [3.05, 3.63) is 40.3 Å². The molecule has 0 saturated heterocycles. The summed E-state index contributed by atoms with van der Waals surface area (Å²) in [4.78, 5) is 4.13. The summed E-state index contributed by atoms with van der Waals surface area (Å²) < 4.78 is 34.5. The van der Waals surface area contributed by atoms with Crippen LogP contribution in [0.2, 0.25) is 0 Å². The highest BCUT2D eigenvalue weighted by atomic mass is 32.1. The smallest absolute Gasteiger partial charge is 0.387 e. The largest absolute Gasteiger partial charge is 0.493 e. The molecule has 0 radical (unpaired) electrons. The fourth-order valence-corrected chi connectivity index (χ4v) is 2.31. The lowest BCUT2D eigenvalue weighted by atomic mass is 10.2. The van der Waals surface area contributed by atoms with Gasteiger partial charge in [-0.3, -0.25) is 0 Å². The van der Waals surface area contributed by atoms with E-state index in [2.05, 4.69) is 15.0 Å². The Morgan fingerprint density at radius 1 is 1.35 bits per heavy atom. The third-order valence-corrected chi connectivity index (χ3v) is 3.34. The van der Waals surface area contributed by atoms with Crippen molar-refractivity contribution in [3.63, 3.8) is 0 Å². The number of nitrogens with one attached hydrogen (secondary N) is 1. The molecule has 0 aliphatic carbocycles. The van der Waals surface area contributed by atoms with Crippen LogP contribution in [0, 0.1) is 0 Å². The fourth-order valence-electron chi connectivity index (χ4n) is 1.73. The number of nitrogens with zero attached hydrogens (tertiary/aromatic N) is 1. The van der Waals surface area contributed by atoms with Crippen LogP contribution in [-0.2, 0) is 13.1 Å². The summed E-state index contributed by atoms with van der Waals surface area (Å²) >= 11 is 1.53. The number of alkyl halides is 2. The van der Waals surface area contributed by atoms with Crippen molar-refractivity contribution in [2.24, 2.45) is 0 Å². The summed E-state index contributed by atoms with van der Waals surface area (Å²) in [6, 6.07) is 5.04. The summed E-state index contributed by atoms with van der Waals surface area (Å²) in [6.07, 6.45) is 1.72. The maximum absolute atomic E-state index is 12.5. The van der Waals surface area contributed by atoms with Crippen molar-refractivity contribution in [1.29, 1.82) is 0 Å². The molecule has 0 spiro atoms. The molecule has 0 amide bonds. The first-order valence-corrected chi connectivity index (χ1v) is 6.78. The van der Waals surface area contributed by atoms with E-state index in [0.29, 0.717) is 24.4 Å². The van der Waals surface area contributed by atoms with Crippen LogP contribution in [0.1, 0.15) is 10.6 Å². The maximum Gasteiger partial charge on any atom is 0.387 e. The first-order chi connectivity index (χ1) is 9.70. The number of thiazole rings is 1. The van der Waals surface area contributed by atoms with Crippen LogP contribution in [0.4, 0.5) is 8.78 Å². The number of benzene rings is 1. The monoisotopic (exact) mass is 300 g/mol. The van der Waals surface area contributed by atoms with E-state index in [1.165, 1.54) is 18.4 Å². The van der Waals surface area contributed by atoms with Gasteiger partial charge in [-0.25, -0.2) is 4.98 Å². The lowest BCUT2D eigenvalue weighted by Gasteiger charge is -2.14. The third-order valence-electron chi connectivity index (χ3n) is 2.56. The molecule has 1 N–H and O–H groups in total. The molecule has 2 rings (SSSR count). The minimum absolute atomic E-state index is 0.0663. The number of ether oxygens (including phenoxy) is 2. The van der Waals surface area contributed by atoms with Gasteiger partial charge in [0.05, 0.1) is 7.11 Å². The second kappa shape index (κ2) is 7.16. The molecule has 1 aromatic heterocycles. The molecule has 108 valence electrons. The predicted molar refractivity (Wildman–Crippen MR) is 72.3 cm³/mol. The van der Waals surface area contributed by atoms with Gasteiger partial charge in [0.15, 0.2) is 11.5 Å². The Labute approximate surface area is 119 Å². The molecule has 20 heavy (non-hydrogen) atoms. The molecule has 0 aliphatic heterocycles. The highest BCUT2D eigenvalue weighted by Gasteiger charge is 2.14. The van der Waals surface area contributed by atoms with Gasteiger partial charge in [0.1, 0.15) is 5.01 Å². The minimum Gasteiger partial charge on any atom is -0.493 e. The van der Waals surface area contributed by atoms with Gasteiger partial charge in [0.25, 0.3) is 0 Å². The number of para-hydroxylation sites is 1. The Balaban J connectivity index is 2.05. The average Bonchev–Trinajstić information content (AvgIpc) is 2.93. The normalized spacial score (nSPS) is 10.8. The Morgan fingerprint density at radius 3 is 2.85 bits per heavy atom. The fraction of sp³-hybridized carbons (Fsp3) is 0.308. The van der Waals surface area contributed by atoms with E-state index < -0.39 is 6.61 Å². The SMILES string of the molecule is COc1cccc(CNCc2nccs2)c1OC(F)F. The van der Waals surface area contributed by atoms with Gasteiger partial charge in [0, 0.05) is 30.2 Å². The summed E-state index contributed by atoms with van der Waals surface area (Å²) in [5, 5.41) is 5.95. The standard InChI is InChI=1S/C13H14F2N2O2S/c1-18-10-4-2-3-9(12(10)19-13(14)15)7-16-8-11-17-5-6-20-11/h2-6,13,16H,7-8H2,1H3. The number of halogens is 2. The molecule has 0 saturated carbocycles. The van der Waals surface area contributed by atoms with Crippen molar-refractivity contribution in [3.8, 4) is 11.5 Å². The van der Waals surface area contributed by atoms with Crippen molar-refractivity contribution >= 4 is 11.3 Å². The lowest BCUT2D eigenvalue weighted by molar-refractivity contribution is -0.0518. The van der Waals surface area contributed by atoms with E-state index >= 15 is 0 Å². The van der Waals surface area contributed by atoms with Gasteiger partial charge >= 0.3 is 6.61 Å². The molecule has 0 fully saturated rings. The van der Waals surface area contributed by atoms with Crippen molar-refractivity contribution < 1.29 is 18.3 Å². The molecule has 0 bridgehead atoms. The van der Waals surface area contributed by atoms with Crippen LogP contribution in [0.15, 0.2) is 29.8 Å². The van der Waals surface area contributed by atoms with Gasteiger partial charge < -0.3 is 14.8 Å². The van der Waals surface area contributed by atoms with E-state index in [0.717, 1.165) is 5.01 Å². The van der Waals surface area contributed by atoms with E-state index in [9.17, 15) is 8.78 Å². The quantitative estimate of drug-likeness (QED) is 0.853. The molecule has 4 nitrogen and oxygen atoms in total. The van der Waals surface area contributed by atoms with E-state index in [1.54, 1.807) is 24.4 Å². The minimum atomic E-state index is -2.89. The molecule has 0 aliphatic rings. The van der Waals surface area contributed by atoms with Crippen LogP contribution in [0.5, 0.6) is 11.5 Å². The number of aromatic nitrogens is 1. The number of hydrogen-bond acceptors (Lipinski definition) is 5. The molecule has 1 heterocycles. The summed E-state index contributed by atoms with van der Waals surface area (Å²) in [7, 11) is 1.42. The average molecular weight is 300 g/mol. The van der Waals surface area contributed by atoms with Crippen LogP contribution in [0.25, 0.3) is 0 Å². The molecule has 0 atom stereocenters. The van der Waals surface area contributed by atoms with Gasteiger partial charge in [-0.1, -0.05) is 12.1 Å². The van der Waals surface area contributed by atoms with Crippen molar-refractivity contribution in [2.75, 3.05) is 7.11 Å². The second-order valence-corrected chi connectivity index (χ2v) is 4.84. The van der Waals surface area contributed by atoms with Crippen molar-refractivity contribution in [2.45, 2.75) is 19.7 Å². The molecule has 7 heteroatoms. The Bertz CT molecular complexity index is 535. The van der Waals surface area contributed by atoms with Gasteiger partial charge in [-0.05, 0) is 6.07 Å². The molecule has 1 aromatic carbocycles. The molecule has 2 aromatic rings. The molecular weight excluding hydrogens is 286 g/mol. The van der Waals surface area contributed by atoms with Crippen LogP contribution in [0.3, 0.4) is 0 Å². The zero-order valence-corrected chi connectivity index (χ0v) is 11.6. The first kappa shape index (κ1) is 14.7. The van der Waals surface area contributed by atoms with Gasteiger partial charge in [0.2, 0.25) is 0 Å². The second-order valence-electron chi connectivity index (χ2n) is 3.86. The zero-order valence-electron chi connectivity index (χ0n) is 10.8. The highest BCUT2D eigenvalue weighted by Crippen LogP contribution is 2.32. The van der Waals surface area contributed by atoms with E-state index in [4.69, 9.17) is 4.74 Å². The Morgan fingerprint density at radius 2 is 2.20 bits per heavy atom. The van der Waals surface area contributed by atoms with Crippen LogP contribution in [-0.4, -0.2) is 18.7 Å².